The summed E-state index contributed by atoms with van der Waals surface area (Å²) in [7, 11) is 1.48. The van der Waals surface area contributed by atoms with Crippen molar-refractivity contribution in [1.29, 1.82) is 0 Å². The summed E-state index contributed by atoms with van der Waals surface area (Å²) in [5, 5.41) is 12.6. The minimum absolute atomic E-state index is 0.0151. The largest absolute Gasteiger partial charge is 0.478 e. The van der Waals surface area contributed by atoms with Gasteiger partial charge < -0.3 is 19.8 Å². The van der Waals surface area contributed by atoms with Crippen LogP contribution in [0.1, 0.15) is 18.9 Å². The summed E-state index contributed by atoms with van der Waals surface area (Å²) in [6, 6.07) is 5.99. The third-order valence-electron chi connectivity index (χ3n) is 2.96. The first-order chi connectivity index (χ1) is 12.0. The predicted molar refractivity (Wildman–Crippen MR) is 87.5 cm³/mol. The number of para-hydroxylation sites is 1. The molecule has 0 saturated heterocycles. The number of hydrogen-bond acceptors (Lipinski definition) is 7. The van der Waals surface area contributed by atoms with E-state index in [4.69, 9.17) is 9.15 Å². The molecule has 0 fully saturated rings. The Kier molecular flexibility index (Phi) is 6.75. The van der Waals surface area contributed by atoms with Gasteiger partial charge in [-0.1, -0.05) is 23.9 Å². The molecule has 0 radical (unpaired) electrons. The quantitative estimate of drug-likeness (QED) is 0.677. The molecule has 2 N–H and O–H groups in total. The Morgan fingerprint density at radius 2 is 2.08 bits per heavy atom. The van der Waals surface area contributed by atoms with Crippen molar-refractivity contribution in [3.8, 4) is 5.75 Å². The fourth-order valence-electron chi connectivity index (χ4n) is 1.67. The summed E-state index contributed by atoms with van der Waals surface area (Å²) in [4.78, 5) is 22.6. The highest BCUT2D eigenvalue weighted by Crippen LogP contribution is 2.25. The van der Waals surface area contributed by atoms with Crippen LogP contribution in [0.3, 0.4) is 0 Å². The molecule has 134 valence electrons. The summed E-state index contributed by atoms with van der Waals surface area (Å²) >= 11 is 1.02. The number of halogens is 1. The molecule has 2 aromatic rings. The van der Waals surface area contributed by atoms with Gasteiger partial charge in [0.1, 0.15) is 0 Å². The van der Waals surface area contributed by atoms with Crippen LogP contribution in [-0.4, -0.2) is 41.4 Å². The number of aromatic nitrogens is 2. The van der Waals surface area contributed by atoms with Crippen LogP contribution in [0.2, 0.25) is 0 Å². The molecule has 0 unspecified atom stereocenters. The zero-order valence-corrected chi connectivity index (χ0v) is 14.4. The van der Waals surface area contributed by atoms with E-state index < -0.39 is 11.9 Å². The van der Waals surface area contributed by atoms with Crippen LogP contribution in [0, 0.1) is 5.82 Å². The number of benzene rings is 1. The summed E-state index contributed by atoms with van der Waals surface area (Å²) in [5.41, 5.74) is 0. The molecular formula is C15H17FN4O4S. The first kappa shape index (κ1) is 18.7. The standard InChI is InChI=1S/C15H17FN4O4S/c1-9(23-11-6-4-3-5-10(11)16)14-19-20-15(24-14)25-8-13(22)18-7-12(21)17-2/h3-6,9H,7-8H2,1-2H3,(H,17,21)(H,18,22)/t9-/m0/s1. The molecule has 1 aromatic heterocycles. The average molecular weight is 368 g/mol. The number of ether oxygens (including phenoxy) is 1. The van der Waals surface area contributed by atoms with Gasteiger partial charge >= 0.3 is 0 Å². The van der Waals surface area contributed by atoms with Crippen molar-refractivity contribution in [2.24, 2.45) is 0 Å². The summed E-state index contributed by atoms with van der Waals surface area (Å²) < 4.78 is 24.4. The van der Waals surface area contributed by atoms with Crippen LogP contribution < -0.4 is 15.4 Å². The predicted octanol–water partition coefficient (Wildman–Crippen LogP) is 1.30. The Morgan fingerprint density at radius 1 is 1.32 bits per heavy atom. The SMILES string of the molecule is CNC(=O)CNC(=O)CSc1nnc([C@H](C)Oc2ccccc2F)o1. The van der Waals surface area contributed by atoms with Crippen LogP contribution in [-0.2, 0) is 9.59 Å². The van der Waals surface area contributed by atoms with E-state index in [0.29, 0.717) is 0 Å². The third kappa shape index (κ3) is 5.75. The normalized spacial score (nSPS) is 11.6. The number of carbonyl (C=O) groups excluding carboxylic acids is 2. The minimum Gasteiger partial charge on any atom is -0.478 e. The van der Waals surface area contributed by atoms with Crippen molar-refractivity contribution in [1.82, 2.24) is 20.8 Å². The zero-order valence-electron chi connectivity index (χ0n) is 13.6. The van der Waals surface area contributed by atoms with Crippen LogP contribution >= 0.6 is 11.8 Å². The van der Waals surface area contributed by atoms with E-state index in [1.807, 2.05) is 0 Å². The first-order valence-electron chi connectivity index (χ1n) is 7.34. The van der Waals surface area contributed by atoms with E-state index in [9.17, 15) is 14.0 Å². The maximum absolute atomic E-state index is 13.6. The number of carbonyl (C=O) groups is 2. The topological polar surface area (TPSA) is 106 Å². The molecule has 1 aromatic carbocycles. The third-order valence-corrected chi connectivity index (χ3v) is 3.78. The number of likely N-dealkylation sites (N-methyl/N-ethyl adjacent to an activating group) is 1. The van der Waals surface area contributed by atoms with Gasteiger partial charge in [-0.05, 0) is 19.1 Å². The second-order valence-corrected chi connectivity index (χ2v) is 5.76. The second-order valence-electron chi connectivity index (χ2n) is 4.84. The molecule has 0 aliphatic carbocycles. The molecule has 0 aliphatic rings. The molecule has 2 rings (SSSR count). The molecule has 1 atom stereocenters. The molecule has 10 heteroatoms. The molecule has 0 spiro atoms. The molecular weight excluding hydrogens is 351 g/mol. The Labute approximate surface area is 147 Å². The maximum atomic E-state index is 13.6. The first-order valence-corrected chi connectivity index (χ1v) is 8.32. The number of nitrogens with one attached hydrogen (secondary N) is 2. The Hall–Kier alpha value is -2.62. The molecule has 2 amide bonds. The van der Waals surface area contributed by atoms with Crippen molar-refractivity contribution in [3.63, 3.8) is 0 Å². The Bertz CT molecular complexity index is 740. The van der Waals surface area contributed by atoms with E-state index in [1.165, 1.54) is 19.2 Å². The zero-order chi connectivity index (χ0) is 18.2. The monoisotopic (exact) mass is 368 g/mol. The van der Waals surface area contributed by atoms with Gasteiger partial charge in [-0.25, -0.2) is 4.39 Å². The van der Waals surface area contributed by atoms with Crippen molar-refractivity contribution < 1.29 is 23.1 Å². The summed E-state index contributed by atoms with van der Waals surface area (Å²) in [6.45, 7) is 1.54. The Morgan fingerprint density at radius 3 is 2.80 bits per heavy atom. The lowest BCUT2D eigenvalue weighted by Crippen LogP contribution is -2.35. The van der Waals surface area contributed by atoms with E-state index in [0.717, 1.165) is 11.8 Å². The van der Waals surface area contributed by atoms with Crippen molar-refractivity contribution in [2.75, 3.05) is 19.3 Å². The van der Waals surface area contributed by atoms with Crippen LogP contribution in [0.25, 0.3) is 0 Å². The molecule has 25 heavy (non-hydrogen) atoms. The van der Waals surface area contributed by atoms with Crippen molar-refractivity contribution in [3.05, 3.63) is 36.0 Å². The molecule has 0 saturated carbocycles. The number of amides is 2. The lowest BCUT2D eigenvalue weighted by atomic mass is 10.3. The fraction of sp³-hybridized carbons (Fsp3) is 0.333. The summed E-state index contributed by atoms with van der Waals surface area (Å²) in [5.74, 6) is -0.869. The van der Waals surface area contributed by atoms with Gasteiger partial charge in [0.15, 0.2) is 17.7 Å². The molecule has 0 aliphatic heterocycles. The fourth-order valence-corrected chi connectivity index (χ4v) is 2.27. The second kappa shape index (κ2) is 9.02. The lowest BCUT2D eigenvalue weighted by molar-refractivity contribution is -0.124. The highest BCUT2D eigenvalue weighted by Gasteiger charge is 2.18. The van der Waals surface area contributed by atoms with Gasteiger partial charge in [-0.2, -0.15) is 0 Å². The highest BCUT2D eigenvalue weighted by molar-refractivity contribution is 7.99. The number of nitrogens with zero attached hydrogens (tertiary/aromatic N) is 2. The van der Waals surface area contributed by atoms with Gasteiger partial charge in [0.25, 0.3) is 11.1 Å². The van der Waals surface area contributed by atoms with E-state index >= 15 is 0 Å². The van der Waals surface area contributed by atoms with Crippen molar-refractivity contribution >= 4 is 23.6 Å². The maximum Gasteiger partial charge on any atom is 0.277 e. The van der Waals surface area contributed by atoms with Crippen LogP contribution in [0.15, 0.2) is 33.9 Å². The molecule has 0 bridgehead atoms. The smallest absolute Gasteiger partial charge is 0.277 e. The van der Waals surface area contributed by atoms with E-state index in [1.54, 1.807) is 19.1 Å². The van der Waals surface area contributed by atoms with E-state index in [2.05, 4.69) is 20.8 Å². The minimum atomic E-state index is -0.652. The van der Waals surface area contributed by atoms with Gasteiger partial charge in [-0.15, -0.1) is 10.2 Å². The van der Waals surface area contributed by atoms with Gasteiger partial charge in [0.05, 0.1) is 12.3 Å². The molecule has 8 nitrogen and oxygen atoms in total. The Balaban J connectivity index is 1.84. The summed E-state index contributed by atoms with van der Waals surface area (Å²) in [6.07, 6.45) is -0.652. The number of rotatable bonds is 8. The van der Waals surface area contributed by atoms with Gasteiger partial charge in [-0.3, -0.25) is 9.59 Å². The van der Waals surface area contributed by atoms with Crippen LogP contribution in [0.4, 0.5) is 4.39 Å². The van der Waals surface area contributed by atoms with Crippen molar-refractivity contribution in [2.45, 2.75) is 18.3 Å². The van der Waals surface area contributed by atoms with Gasteiger partial charge in [0.2, 0.25) is 11.8 Å². The number of thioether (sulfide) groups is 1. The molecule has 1 heterocycles. The average Bonchev–Trinajstić information content (AvgIpc) is 3.09. The lowest BCUT2D eigenvalue weighted by Gasteiger charge is -2.11. The van der Waals surface area contributed by atoms with E-state index in [-0.39, 0.29) is 41.0 Å². The highest BCUT2D eigenvalue weighted by atomic mass is 32.2. The van der Waals surface area contributed by atoms with Gasteiger partial charge in [0, 0.05) is 7.05 Å². The van der Waals surface area contributed by atoms with Crippen LogP contribution in [0.5, 0.6) is 5.75 Å². The number of hydrogen-bond donors (Lipinski definition) is 2.